The molecule has 1 rings (SSSR count). The van der Waals surface area contributed by atoms with Crippen molar-refractivity contribution >= 4 is 24.2 Å². The van der Waals surface area contributed by atoms with Crippen molar-refractivity contribution in [1.82, 2.24) is 4.98 Å². The summed E-state index contributed by atoms with van der Waals surface area (Å²) in [4.78, 5) is 4.17. The zero-order valence-electron chi connectivity index (χ0n) is 7.11. The first kappa shape index (κ1) is 11.8. The Morgan fingerprint density at radius 3 is 2.83 bits per heavy atom. The molecule has 0 fully saturated rings. The molecular weight excluding hydrogens is 196 g/mol. The maximum atomic E-state index is 5.73. The van der Waals surface area contributed by atoms with Crippen molar-refractivity contribution in [2.75, 3.05) is 6.26 Å². The van der Waals surface area contributed by atoms with Gasteiger partial charge in [-0.1, -0.05) is 18.7 Å². The molecule has 1 heterocycles. The third-order valence-electron chi connectivity index (χ3n) is 1.50. The van der Waals surface area contributed by atoms with Crippen molar-refractivity contribution in [3.05, 3.63) is 12.0 Å². The minimum atomic E-state index is 0. The lowest BCUT2D eigenvalue weighted by Gasteiger charge is -2.00. The molecule has 0 saturated heterocycles. The number of halogens is 1. The number of nitrogens with two attached hydrogens (primary N) is 1. The number of rotatable bonds is 3. The van der Waals surface area contributed by atoms with Gasteiger partial charge in [-0.3, -0.25) is 0 Å². The minimum Gasteiger partial charge on any atom is -0.440 e. The van der Waals surface area contributed by atoms with Crippen LogP contribution in [-0.4, -0.2) is 11.2 Å². The fourth-order valence-electron chi connectivity index (χ4n) is 0.742. The first-order chi connectivity index (χ1) is 5.27. The summed E-state index contributed by atoms with van der Waals surface area (Å²) in [5.41, 5.74) is 6.57. The highest BCUT2D eigenvalue weighted by molar-refractivity contribution is 7.98. The molecule has 12 heavy (non-hydrogen) atoms. The fraction of sp³-hybridized carbons (Fsp3) is 0.571. The Hall–Kier alpha value is -0.190. The second-order valence-electron chi connectivity index (χ2n) is 2.26. The van der Waals surface area contributed by atoms with E-state index in [1.165, 1.54) is 11.8 Å². The molecule has 2 N–H and O–H groups in total. The summed E-state index contributed by atoms with van der Waals surface area (Å²) < 4.78 is 5.11. The standard InChI is InChI=1S/C7H12N2OS.ClH/c1-3-5(8)6-4-10-7(9-6)11-2;/h4-5H,3,8H2,1-2H3;1H/t5-;/m0./s1. The molecule has 0 aliphatic heterocycles. The molecule has 0 aliphatic rings. The van der Waals surface area contributed by atoms with E-state index in [9.17, 15) is 0 Å². The first-order valence-corrected chi connectivity index (χ1v) is 4.75. The van der Waals surface area contributed by atoms with Gasteiger partial charge in [0.05, 0.1) is 11.7 Å². The van der Waals surface area contributed by atoms with Crippen LogP contribution in [0.2, 0.25) is 0 Å². The maximum Gasteiger partial charge on any atom is 0.255 e. The van der Waals surface area contributed by atoms with E-state index in [-0.39, 0.29) is 18.4 Å². The summed E-state index contributed by atoms with van der Waals surface area (Å²) in [6.45, 7) is 2.03. The van der Waals surface area contributed by atoms with Gasteiger partial charge < -0.3 is 10.2 Å². The van der Waals surface area contributed by atoms with Gasteiger partial charge in [0, 0.05) is 0 Å². The van der Waals surface area contributed by atoms with Crippen LogP contribution in [0.5, 0.6) is 0 Å². The van der Waals surface area contributed by atoms with Gasteiger partial charge in [-0.25, -0.2) is 4.98 Å². The van der Waals surface area contributed by atoms with Crippen LogP contribution < -0.4 is 5.73 Å². The molecule has 0 radical (unpaired) electrons. The molecule has 0 amide bonds. The molecule has 0 saturated carbocycles. The van der Waals surface area contributed by atoms with E-state index in [0.29, 0.717) is 5.22 Å². The first-order valence-electron chi connectivity index (χ1n) is 3.53. The van der Waals surface area contributed by atoms with Crippen LogP contribution in [0.15, 0.2) is 15.9 Å². The van der Waals surface area contributed by atoms with E-state index in [0.717, 1.165) is 12.1 Å². The summed E-state index contributed by atoms with van der Waals surface area (Å²) in [6.07, 6.45) is 4.44. The molecule has 0 unspecified atom stereocenters. The monoisotopic (exact) mass is 208 g/mol. The SMILES string of the molecule is CC[C@H](N)c1coc(SC)n1.Cl. The summed E-state index contributed by atoms with van der Waals surface area (Å²) >= 11 is 1.48. The molecule has 0 aromatic carbocycles. The number of hydrogen-bond donors (Lipinski definition) is 1. The highest BCUT2D eigenvalue weighted by Crippen LogP contribution is 2.18. The van der Waals surface area contributed by atoms with Crippen molar-refractivity contribution in [1.29, 1.82) is 0 Å². The average molecular weight is 209 g/mol. The van der Waals surface area contributed by atoms with Crippen LogP contribution in [0.25, 0.3) is 0 Å². The lowest BCUT2D eigenvalue weighted by atomic mass is 10.2. The smallest absolute Gasteiger partial charge is 0.255 e. The van der Waals surface area contributed by atoms with Gasteiger partial charge in [-0.15, -0.1) is 12.4 Å². The Labute approximate surface area is 82.5 Å². The number of hydrogen-bond acceptors (Lipinski definition) is 4. The Balaban J connectivity index is 0.00000121. The van der Waals surface area contributed by atoms with Crippen LogP contribution in [-0.2, 0) is 0 Å². The van der Waals surface area contributed by atoms with Gasteiger partial charge in [0.2, 0.25) is 0 Å². The number of nitrogens with zero attached hydrogens (tertiary/aromatic N) is 1. The van der Waals surface area contributed by atoms with Crippen LogP contribution in [0.4, 0.5) is 0 Å². The second kappa shape index (κ2) is 5.45. The van der Waals surface area contributed by atoms with Gasteiger partial charge in [0.15, 0.2) is 0 Å². The van der Waals surface area contributed by atoms with Crippen LogP contribution in [0.1, 0.15) is 25.1 Å². The van der Waals surface area contributed by atoms with Gasteiger partial charge in [-0.2, -0.15) is 0 Å². The summed E-state index contributed by atoms with van der Waals surface area (Å²) in [7, 11) is 0. The van der Waals surface area contributed by atoms with Crippen molar-refractivity contribution in [3.63, 3.8) is 0 Å². The predicted octanol–water partition coefficient (Wildman–Crippen LogP) is 2.23. The van der Waals surface area contributed by atoms with Crippen LogP contribution in [0, 0.1) is 0 Å². The highest BCUT2D eigenvalue weighted by atomic mass is 35.5. The Kier molecular flexibility index (Phi) is 5.37. The molecule has 1 aromatic rings. The fourth-order valence-corrected chi connectivity index (χ4v) is 1.08. The summed E-state index contributed by atoms with van der Waals surface area (Å²) in [5.74, 6) is 0. The van der Waals surface area contributed by atoms with Gasteiger partial charge in [0.25, 0.3) is 5.22 Å². The normalized spacial score (nSPS) is 12.2. The van der Waals surface area contributed by atoms with E-state index in [1.54, 1.807) is 6.26 Å². The van der Waals surface area contributed by atoms with Crippen LogP contribution in [0.3, 0.4) is 0 Å². The third-order valence-corrected chi connectivity index (χ3v) is 2.03. The second-order valence-corrected chi connectivity index (χ2v) is 3.01. The van der Waals surface area contributed by atoms with E-state index in [4.69, 9.17) is 10.2 Å². The Bertz CT molecular complexity index is 229. The lowest BCUT2D eigenvalue weighted by molar-refractivity contribution is 0.454. The maximum absolute atomic E-state index is 5.73. The van der Waals surface area contributed by atoms with Crippen molar-refractivity contribution in [3.8, 4) is 0 Å². The minimum absolute atomic E-state index is 0. The largest absolute Gasteiger partial charge is 0.440 e. The Morgan fingerprint density at radius 2 is 2.42 bits per heavy atom. The van der Waals surface area contributed by atoms with E-state index >= 15 is 0 Å². The average Bonchev–Trinajstić information content (AvgIpc) is 2.50. The van der Waals surface area contributed by atoms with Crippen molar-refractivity contribution in [2.24, 2.45) is 5.73 Å². The van der Waals surface area contributed by atoms with Crippen LogP contribution >= 0.6 is 24.2 Å². The number of aromatic nitrogens is 1. The van der Waals surface area contributed by atoms with E-state index in [1.807, 2.05) is 13.2 Å². The highest BCUT2D eigenvalue weighted by Gasteiger charge is 2.08. The quantitative estimate of drug-likeness (QED) is 0.775. The molecule has 3 nitrogen and oxygen atoms in total. The number of oxazole rings is 1. The number of thioether (sulfide) groups is 1. The van der Waals surface area contributed by atoms with Gasteiger partial charge in [-0.05, 0) is 12.7 Å². The van der Waals surface area contributed by atoms with Crippen molar-refractivity contribution in [2.45, 2.75) is 24.6 Å². The summed E-state index contributed by atoms with van der Waals surface area (Å²) in [5, 5.41) is 0.684. The summed E-state index contributed by atoms with van der Waals surface area (Å²) in [6, 6.07) is 0.0136. The molecule has 0 aliphatic carbocycles. The topological polar surface area (TPSA) is 52.0 Å². The lowest BCUT2D eigenvalue weighted by Crippen LogP contribution is -2.08. The van der Waals surface area contributed by atoms with Gasteiger partial charge >= 0.3 is 0 Å². The van der Waals surface area contributed by atoms with Gasteiger partial charge in [0.1, 0.15) is 6.26 Å². The molecule has 0 bridgehead atoms. The van der Waals surface area contributed by atoms with Crippen molar-refractivity contribution < 1.29 is 4.42 Å². The predicted molar refractivity (Wildman–Crippen MR) is 52.8 cm³/mol. The zero-order valence-corrected chi connectivity index (χ0v) is 8.74. The zero-order chi connectivity index (χ0) is 8.27. The molecular formula is C7H13ClN2OS. The molecule has 70 valence electrons. The van der Waals surface area contributed by atoms with E-state index in [2.05, 4.69) is 4.98 Å². The Morgan fingerprint density at radius 1 is 1.75 bits per heavy atom. The third kappa shape index (κ3) is 2.69. The molecule has 1 aromatic heterocycles. The van der Waals surface area contributed by atoms with E-state index < -0.39 is 0 Å². The molecule has 1 atom stereocenters. The molecule has 5 heteroatoms. The molecule has 0 spiro atoms.